The first-order valence-electron chi connectivity index (χ1n) is 15.1. The second-order valence-electron chi connectivity index (χ2n) is 12.6. The van der Waals surface area contributed by atoms with E-state index in [0.29, 0.717) is 11.3 Å². The largest absolute Gasteiger partial charge is 0.350 e. The Hall–Kier alpha value is -4.43. The SMILES string of the molecule is Cc1cccc(CN(C(=O)CN(c2cc(C)ccc2C)S(=O)(=O)c2ccccc2)[C@H](Cc2ccccc2)C(=O)NC(C)(C)C)c1. The van der Waals surface area contributed by atoms with Crippen molar-refractivity contribution >= 4 is 27.5 Å². The van der Waals surface area contributed by atoms with Gasteiger partial charge in [0.05, 0.1) is 10.6 Å². The van der Waals surface area contributed by atoms with Crippen molar-refractivity contribution in [2.24, 2.45) is 0 Å². The summed E-state index contributed by atoms with van der Waals surface area (Å²) in [6.07, 6.45) is 0.259. The monoisotopic (exact) mass is 625 g/mol. The number of amides is 2. The zero-order valence-electron chi connectivity index (χ0n) is 26.9. The molecule has 2 amide bonds. The van der Waals surface area contributed by atoms with E-state index in [-0.39, 0.29) is 23.8 Å². The third kappa shape index (κ3) is 8.82. The zero-order chi connectivity index (χ0) is 32.8. The van der Waals surface area contributed by atoms with Crippen molar-refractivity contribution in [2.45, 2.75) is 71.0 Å². The van der Waals surface area contributed by atoms with Crippen LogP contribution in [-0.4, -0.2) is 43.3 Å². The van der Waals surface area contributed by atoms with Crippen molar-refractivity contribution in [3.63, 3.8) is 0 Å². The summed E-state index contributed by atoms with van der Waals surface area (Å²) in [5, 5.41) is 3.06. The predicted molar refractivity (Wildman–Crippen MR) is 180 cm³/mol. The number of hydrogen-bond donors (Lipinski definition) is 1. The van der Waals surface area contributed by atoms with E-state index in [1.54, 1.807) is 24.3 Å². The molecule has 0 radical (unpaired) electrons. The van der Waals surface area contributed by atoms with Crippen LogP contribution in [0.5, 0.6) is 0 Å². The number of nitrogens with one attached hydrogen (secondary N) is 1. The van der Waals surface area contributed by atoms with Crippen LogP contribution >= 0.6 is 0 Å². The molecule has 0 saturated carbocycles. The Morgan fingerprint density at radius 2 is 1.36 bits per heavy atom. The molecule has 0 bridgehead atoms. The normalized spacial score (nSPS) is 12.3. The molecule has 0 fully saturated rings. The molecule has 0 aliphatic rings. The van der Waals surface area contributed by atoms with E-state index in [1.807, 2.05) is 108 Å². The van der Waals surface area contributed by atoms with E-state index in [4.69, 9.17) is 0 Å². The fourth-order valence-corrected chi connectivity index (χ4v) is 6.73. The van der Waals surface area contributed by atoms with Gasteiger partial charge in [-0.15, -0.1) is 0 Å². The number of nitrogens with zero attached hydrogens (tertiary/aromatic N) is 2. The summed E-state index contributed by atoms with van der Waals surface area (Å²) in [5.74, 6) is -0.793. The molecule has 7 nitrogen and oxygen atoms in total. The number of sulfonamides is 1. The summed E-state index contributed by atoms with van der Waals surface area (Å²) < 4.78 is 29.6. The van der Waals surface area contributed by atoms with Crippen molar-refractivity contribution in [2.75, 3.05) is 10.8 Å². The van der Waals surface area contributed by atoms with E-state index in [9.17, 15) is 18.0 Å². The molecule has 0 spiro atoms. The molecule has 4 aromatic rings. The number of hydrogen-bond acceptors (Lipinski definition) is 4. The molecule has 4 rings (SSSR count). The lowest BCUT2D eigenvalue weighted by molar-refractivity contribution is -0.140. The predicted octanol–water partition coefficient (Wildman–Crippen LogP) is 6.36. The van der Waals surface area contributed by atoms with Crippen molar-refractivity contribution in [1.82, 2.24) is 10.2 Å². The molecule has 1 atom stereocenters. The van der Waals surface area contributed by atoms with Crippen LogP contribution in [0.3, 0.4) is 0 Å². The van der Waals surface area contributed by atoms with Crippen LogP contribution in [0.15, 0.2) is 108 Å². The lowest BCUT2D eigenvalue weighted by Crippen LogP contribution is -2.56. The Kier molecular flexibility index (Phi) is 10.5. The van der Waals surface area contributed by atoms with Crippen LogP contribution in [-0.2, 0) is 32.6 Å². The maximum Gasteiger partial charge on any atom is 0.264 e. The summed E-state index contributed by atoms with van der Waals surface area (Å²) in [6.45, 7) is 11.0. The summed E-state index contributed by atoms with van der Waals surface area (Å²) >= 11 is 0. The Morgan fingerprint density at radius 3 is 1.98 bits per heavy atom. The maximum atomic E-state index is 14.6. The van der Waals surface area contributed by atoms with Crippen molar-refractivity contribution in [3.05, 3.63) is 131 Å². The number of aryl methyl sites for hydroxylation is 3. The van der Waals surface area contributed by atoms with Gasteiger partial charge in [0.15, 0.2) is 0 Å². The van der Waals surface area contributed by atoms with E-state index in [1.165, 1.54) is 21.3 Å². The van der Waals surface area contributed by atoms with Gasteiger partial charge in [0.25, 0.3) is 10.0 Å². The van der Waals surface area contributed by atoms with Gasteiger partial charge in [0, 0.05) is 18.5 Å². The summed E-state index contributed by atoms with van der Waals surface area (Å²) in [6, 6.07) is 30.1. The first-order valence-corrected chi connectivity index (χ1v) is 16.5. The van der Waals surface area contributed by atoms with Crippen molar-refractivity contribution < 1.29 is 18.0 Å². The minimum Gasteiger partial charge on any atom is -0.350 e. The van der Waals surface area contributed by atoms with Crippen LogP contribution in [0, 0.1) is 20.8 Å². The Bertz CT molecular complexity index is 1730. The average molecular weight is 626 g/mol. The number of rotatable bonds is 11. The highest BCUT2D eigenvalue weighted by Crippen LogP contribution is 2.29. The zero-order valence-corrected chi connectivity index (χ0v) is 27.8. The van der Waals surface area contributed by atoms with E-state index in [2.05, 4.69) is 5.32 Å². The molecule has 0 aromatic heterocycles. The Morgan fingerprint density at radius 1 is 0.756 bits per heavy atom. The third-order valence-corrected chi connectivity index (χ3v) is 9.22. The van der Waals surface area contributed by atoms with Gasteiger partial charge in [-0.25, -0.2) is 8.42 Å². The summed E-state index contributed by atoms with van der Waals surface area (Å²) in [4.78, 5) is 30.2. The van der Waals surface area contributed by atoms with Crippen LogP contribution in [0.2, 0.25) is 0 Å². The molecule has 0 aliphatic heterocycles. The van der Waals surface area contributed by atoms with Gasteiger partial charge in [0.1, 0.15) is 12.6 Å². The van der Waals surface area contributed by atoms with Crippen LogP contribution in [0.1, 0.15) is 48.6 Å². The topological polar surface area (TPSA) is 86.8 Å². The number of carbonyl (C=O) groups excluding carboxylic acids is 2. The molecule has 0 aliphatic carbocycles. The lowest BCUT2D eigenvalue weighted by Gasteiger charge is -2.35. The van der Waals surface area contributed by atoms with Crippen LogP contribution < -0.4 is 9.62 Å². The molecule has 0 unspecified atom stereocenters. The van der Waals surface area contributed by atoms with Crippen molar-refractivity contribution in [3.8, 4) is 0 Å². The van der Waals surface area contributed by atoms with Gasteiger partial charge in [-0.3, -0.25) is 13.9 Å². The molecule has 45 heavy (non-hydrogen) atoms. The van der Waals surface area contributed by atoms with E-state index >= 15 is 0 Å². The fourth-order valence-electron chi connectivity index (χ4n) is 5.24. The molecule has 8 heteroatoms. The average Bonchev–Trinajstić information content (AvgIpc) is 2.99. The minimum absolute atomic E-state index is 0.0789. The molecule has 4 aromatic carbocycles. The van der Waals surface area contributed by atoms with Gasteiger partial charge in [-0.1, -0.05) is 90.5 Å². The minimum atomic E-state index is -4.15. The van der Waals surface area contributed by atoms with Gasteiger partial charge < -0.3 is 10.2 Å². The van der Waals surface area contributed by atoms with Crippen molar-refractivity contribution in [1.29, 1.82) is 0 Å². The number of anilines is 1. The van der Waals surface area contributed by atoms with Gasteiger partial charge in [0.2, 0.25) is 11.8 Å². The second-order valence-corrected chi connectivity index (χ2v) is 14.4. The first-order chi connectivity index (χ1) is 21.2. The fraction of sp³-hybridized carbons (Fsp3) is 0.297. The smallest absolute Gasteiger partial charge is 0.264 e. The quantitative estimate of drug-likeness (QED) is 0.210. The van der Waals surface area contributed by atoms with Gasteiger partial charge in [-0.05, 0) is 82.0 Å². The highest BCUT2D eigenvalue weighted by molar-refractivity contribution is 7.92. The maximum absolute atomic E-state index is 14.6. The highest BCUT2D eigenvalue weighted by Gasteiger charge is 2.36. The second kappa shape index (κ2) is 14.1. The Balaban J connectivity index is 1.84. The van der Waals surface area contributed by atoms with Crippen LogP contribution in [0.25, 0.3) is 0 Å². The van der Waals surface area contributed by atoms with Gasteiger partial charge in [-0.2, -0.15) is 0 Å². The number of carbonyl (C=O) groups is 2. The highest BCUT2D eigenvalue weighted by atomic mass is 32.2. The molecule has 236 valence electrons. The molecular weight excluding hydrogens is 582 g/mol. The third-order valence-electron chi connectivity index (χ3n) is 7.45. The van der Waals surface area contributed by atoms with Gasteiger partial charge >= 0.3 is 0 Å². The summed E-state index contributed by atoms with van der Waals surface area (Å²) in [7, 11) is -4.15. The molecular formula is C37H43N3O4S. The molecule has 0 heterocycles. The first kappa shape index (κ1) is 33.5. The lowest BCUT2D eigenvalue weighted by atomic mass is 10.0. The van der Waals surface area contributed by atoms with E-state index in [0.717, 1.165) is 22.3 Å². The number of benzene rings is 4. The molecule has 1 N–H and O–H groups in total. The summed E-state index contributed by atoms with van der Waals surface area (Å²) in [5.41, 5.74) is 4.18. The Labute approximate surface area is 268 Å². The van der Waals surface area contributed by atoms with E-state index < -0.39 is 34.1 Å². The molecule has 0 saturated heterocycles. The standard InChI is InChI=1S/C37H43N3O4S/c1-27-14-13-17-31(22-27)25-39(34(36(42)38-37(4,5)6)24-30-15-9-7-10-16-30)35(41)26-40(33-23-28(2)20-21-29(33)3)45(43,44)32-18-11-8-12-19-32/h7-23,34H,24-26H2,1-6H3,(H,38,42)/t34-/m1/s1. The van der Waals surface area contributed by atoms with Crippen LogP contribution in [0.4, 0.5) is 5.69 Å².